The van der Waals surface area contributed by atoms with E-state index in [9.17, 15) is 4.79 Å². The van der Waals surface area contributed by atoms with Crippen LogP contribution in [0.5, 0.6) is 0 Å². The van der Waals surface area contributed by atoms with E-state index in [-0.39, 0.29) is 36.4 Å². The summed E-state index contributed by atoms with van der Waals surface area (Å²) < 4.78 is 0. The number of amides is 1. The fourth-order valence-electron chi connectivity index (χ4n) is 2.88. The average Bonchev–Trinajstić information content (AvgIpc) is 2.64. The summed E-state index contributed by atoms with van der Waals surface area (Å²) >= 11 is 0. The fourth-order valence-corrected chi connectivity index (χ4v) is 2.88. The van der Waals surface area contributed by atoms with Gasteiger partial charge in [0.1, 0.15) is 0 Å². The minimum atomic E-state index is 0. The van der Waals surface area contributed by atoms with Crippen LogP contribution in [0.3, 0.4) is 0 Å². The fraction of sp³-hybridized carbons (Fsp3) is 0.929. The minimum Gasteiger partial charge on any atom is -0.337 e. The lowest BCUT2D eigenvalue weighted by atomic mass is 10.0. The highest BCUT2D eigenvalue weighted by Crippen LogP contribution is 2.19. The van der Waals surface area contributed by atoms with Gasteiger partial charge in [0.05, 0.1) is 6.54 Å². The van der Waals surface area contributed by atoms with Gasteiger partial charge >= 0.3 is 0 Å². The molecule has 1 saturated heterocycles. The van der Waals surface area contributed by atoms with Gasteiger partial charge in [0.2, 0.25) is 5.91 Å². The summed E-state index contributed by atoms with van der Waals surface area (Å²) in [7, 11) is 0. The Bertz CT molecular complexity index is 274. The first-order valence-corrected chi connectivity index (χ1v) is 7.12. The summed E-state index contributed by atoms with van der Waals surface area (Å²) in [6.07, 6.45) is 1.12. The molecule has 2 N–H and O–H groups in total. The lowest BCUT2D eigenvalue weighted by molar-refractivity contribution is -0.135. The van der Waals surface area contributed by atoms with E-state index < -0.39 is 0 Å². The molecule has 1 heterocycles. The highest BCUT2D eigenvalue weighted by molar-refractivity contribution is 5.85. The Morgan fingerprint density at radius 1 is 1.26 bits per heavy atom. The molecule has 2 atom stereocenters. The second-order valence-electron chi connectivity index (χ2n) is 6.13. The van der Waals surface area contributed by atoms with E-state index in [1.807, 2.05) is 4.90 Å². The molecular formula is C14H30ClN3O. The molecule has 5 heteroatoms. The average molecular weight is 292 g/mol. The molecule has 1 aliphatic heterocycles. The van der Waals surface area contributed by atoms with E-state index in [0.717, 1.165) is 19.5 Å². The van der Waals surface area contributed by atoms with Crippen molar-refractivity contribution in [3.63, 3.8) is 0 Å². The first-order chi connectivity index (χ1) is 8.32. The molecule has 0 aromatic heterocycles. The molecule has 0 aliphatic carbocycles. The van der Waals surface area contributed by atoms with E-state index in [1.165, 1.54) is 0 Å². The molecule has 1 fully saturated rings. The van der Waals surface area contributed by atoms with Gasteiger partial charge in [-0.2, -0.15) is 0 Å². The summed E-state index contributed by atoms with van der Waals surface area (Å²) in [5, 5.41) is 0. The van der Waals surface area contributed by atoms with Crippen molar-refractivity contribution in [1.82, 2.24) is 9.80 Å². The van der Waals surface area contributed by atoms with Crippen molar-refractivity contribution in [3.8, 4) is 0 Å². The first kappa shape index (κ1) is 18.7. The number of hydrogen-bond acceptors (Lipinski definition) is 3. The Labute approximate surface area is 124 Å². The van der Waals surface area contributed by atoms with Gasteiger partial charge in [0.15, 0.2) is 0 Å². The molecule has 19 heavy (non-hydrogen) atoms. The van der Waals surface area contributed by atoms with Crippen LogP contribution >= 0.6 is 12.4 Å². The minimum absolute atomic E-state index is 0. The van der Waals surface area contributed by atoms with Gasteiger partial charge in [-0.1, -0.05) is 0 Å². The van der Waals surface area contributed by atoms with Crippen LogP contribution in [0.2, 0.25) is 0 Å². The molecule has 2 unspecified atom stereocenters. The maximum atomic E-state index is 12.3. The monoisotopic (exact) mass is 291 g/mol. The largest absolute Gasteiger partial charge is 0.337 e. The van der Waals surface area contributed by atoms with E-state index >= 15 is 0 Å². The number of carbonyl (C=O) groups excluding carboxylic acids is 1. The molecule has 1 amide bonds. The summed E-state index contributed by atoms with van der Waals surface area (Å²) in [6, 6.07) is 0.769. The molecule has 0 aromatic rings. The zero-order valence-electron chi connectivity index (χ0n) is 12.9. The molecule has 1 aliphatic rings. The number of nitrogens with two attached hydrogens (primary N) is 1. The Balaban J connectivity index is 0.00000324. The van der Waals surface area contributed by atoms with E-state index in [1.54, 1.807) is 0 Å². The Morgan fingerprint density at radius 2 is 1.79 bits per heavy atom. The predicted molar refractivity (Wildman–Crippen MR) is 82.6 cm³/mol. The highest BCUT2D eigenvalue weighted by Gasteiger charge is 2.28. The lowest BCUT2D eigenvalue weighted by Crippen LogP contribution is -2.47. The topological polar surface area (TPSA) is 49.6 Å². The Hall–Kier alpha value is -0.320. The van der Waals surface area contributed by atoms with Crippen molar-refractivity contribution < 1.29 is 4.79 Å². The van der Waals surface area contributed by atoms with Crippen LogP contribution in [-0.2, 0) is 4.79 Å². The van der Waals surface area contributed by atoms with Crippen LogP contribution in [0.4, 0.5) is 0 Å². The number of nitrogens with zero attached hydrogens (tertiary/aromatic N) is 2. The van der Waals surface area contributed by atoms with E-state index in [2.05, 4.69) is 39.5 Å². The highest BCUT2D eigenvalue weighted by atomic mass is 35.5. The van der Waals surface area contributed by atoms with Crippen molar-refractivity contribution >= 4 is 18.3 Å². The molecule has 0 spiro atoms. The Morgan fingerprint density at radius 3 is 2.16 bits per heavy atom. The summed E-state index contributed by atoms with van der Waals surface area (Å²) in [5.74, 6) is 0.787. The molecule has 0 radical (unpaired) electrons. The normalized spacial score (nSPS) is 21.6. The number of carbonyl (C=O) groups is 1. The van der Waals surface area contributed by atoms with Crippen molar-refractivity contribution in [2.24, 2.45) is 11.7 Å². The number of hydrogen-bond donors (Lipinski definition) is 1. The number of likely N-dealkylation sites (tertiary alicyclic amines) is 1. The van der Waals surface area contributed by atoms with Gasteiger partial charge in [-0.25, -0.2) is 0 Å². The molecule has 0 bridgehead atoms. The first-order valence-electron chi connectivity index (χ1n) is 7.12. The van der Waals surface area contributed by atoms with Gasteiger partial charge in [-0.3, -0.25) is 9.69 Å². The molecule has 114 valence electrons. The van der Waals surface area contributed by atoms with Crippen LogP contribution in [0.15, 0.2) is 0 Å². The molecule has 1 rings (SSSR count). The summed E-state index contributed by atoms with van der Waals surface area (Å²) in [6.45, 7) is 12.9. The van der Waals surface area contributed by atoms with Crippen LogP contribution < -0.4 is 5.73 Å². The van der Waals surface area contributed by atoms with Crippen molar-refractivity contribution in [2.45, 2.75) is 59.2 Å². The van der Waals surface area contributed by atoms with Crippen molar-refractivity contribution in [3.05, 3.63) is 0 Å². The quantitative estimate of drug-likeness (QED) is 0.839. The third-order valence-corrected chi connectivity index (χ3v) is 3.81. The number of halogens is 1. The molecule has 0 aromatic carbocycles. The predicted octanol–water partition coefficient (Wildman–Crippen LogP) is 1.72. The maximum Gasteiger partial charge on any atom is 0.237 e. The third kappa shape index (κ3) is 5.28. The smallest absolute Gasteiger partial charge is 0.237 e. The van der Waals surface area contributed by atoms with Crippen LogP contribution in [0.1, 0.15) is 41.0 Å². The van der Waals surface area contributed by atoms with Crippen molar-refractivity contribution in [1.29, 1.82) is 0 Å². The van der Waals surface area contributed by atoms with Crippen molar-refractivity contribution in [2.75, 3.05) is 19.6 Å². The molecule has 0 saturated carbocycles. The third-order valence-electron chi connectivity index (χ3n) is 3.81. The number of rotatable bonds is 5. The second-order valence-corrected chi connectivity index (χ2v) is 6.13. The standard InChI is InChI=1S/C14H29N3O.ClH/c1-10(2)17(11(3)4)14(18)9-16-7-6-13(8-16)12(5)15;/h10-13H,6-9,15H2,1-5H3;1H. The zero-order chi connectivity index (χ0) is 13.9. The van der Waals surface area contributed by atoms with Gasteiger partial charge < -0.3 is 10.6 Å². The van der Waals surface area contributed by atoms with Gasteiger partial charge in [-0.05, 0) is 53.5 Å². The van der Waals surface area contributed by atoms with Gasteiger partial charge in [0, 0.05) is 24.7 Å². The van der Waals surface area contributed by atoms with E-state index in [0.29, 0.717) is 12.5 Å². The summed E-state index contributed by atoms with van der Waals surface area (Å²) in [4.78, 5) is 16.5. The van der Waals surface area contributed by atoms with Crippen LogP contribution in [0, 0.1) is 5.92 Å². The van der Waals surface area contributed by atoms with E-state index in [4.69, 9.17) is 5.73 Å². The zero-order valence-corrected chi connectivity index (χ0v) is 13.7. The van der Waals surface area contributed by atoms with Crippen LogP contribution in [0.25, 0.3) is 0 Å². The van der Waals surface area contributed by atoms with Gasteiger partial charge in [0.25, 0.3) is 0 Å². The van der Waals surface area contributed by atoms with Gasteiger partial charge in [-0.15, -0.1) is 12.4 Å². The second kappa shape index (κ2) is 8.08. The Kier molecular flexibility index (Phi) is 7.94. The molecular weight excluding hydrogens is 262 g/mol. The molecule has 4 nitrogen and oxygen atoms in total. The maximum absolute atomic E-state index is 12.3. The van der Waals surface area contributed by atoms with Crippen LogP contribution in [-0.4, -0.2) is 53.5 Å². The SMILES string of the molecule is CC(N)C1CCN(CC(=O)N(C(C)C)C(C)C)C1.Cl. The summed E-state index contributed by atoms with van der Waals surface area (Å²) in [5.41, 5.74) is 5.92. The lowest BCUT2D eigenvalue weighted by Gasteiger charge is -2.32.